The number of carbonyl (C=O) groups is 5. The van der Waals surface area contributed by atoms with Crippen molar-refractivity contribution in [3.8, 4) is 0 Å². The molecule has 10 heteroatoms. The van der Waals surface area contributed by atoms with E-state index in [2.05, 4.69) is 21.3 Å². The van der Waals surface area contributed by atoms with Crippen molar-refractivity contribution in [2.45, 2.75) is 77.8 Å². The van der Waals surface area contributed by atoms with Gasteiger partial charge in [0.05, 0.1) is 12.6 Å². The van der Waals surface area contributed by atoms with E-state index in [0.29, 0.717) is 38.8 Å². The van der Waals surface area contributed by atoms with Crippen LogP contribution in [0.4, 0.5) is 0 Å². The molecule has 0 saturated carbocycles. The molecule has 0 aromatic heterocycles. The second-order valence-corrected chi connectivity index (χ2v) is 7.20. The van der Waals surface area contributed by atoms with Crippen LogP contribution in [0.25, 0.3) is 0 Å². The average molecular weight is 428 g/mol. The third-order valence-electron chi connectivity index (χ3n) is 4.31. The van der Waals surface area contributed by atoms with Crippen LogP contribution < -0.4 is 27.0 Å². The lowest BCUT2D eigenvalue weighted by molar-refractivity contribution is -0.127. The van der Waals surface area contributed by atoms with Gasteiger partial charge in [-0.25, -0.2) is 0 Å². The summed E-state index contributed by atoms with van der Waals surface area (Å²) in [6.45, 7) is 6.31. The summed E-state index contributed by atoms with van der Waals surface area (Å²) in [6.07, 6.45) is 3.00. The molecule has 0 spiro atoms. The van der Waals surface area contributed by atoms with Crippen LogP contribution in [0.1, 0.15) is 65.7 Å². The van der Waals surface area contributed by atoms with Gasteiger partial charge >= 0.3 is 0 Å². The van der Waals surface area contributed by atoms with Gasteiger partial charge in [0.15, 0.2) is 5.78 Å². The number of rotatable bonds is 17. The van der Waals surface area contributed by atoms with Crippen LogP contribution in [0.3, 0.4) is 0 Å². The van der Waals surface area contributed by atoms with E-state index in [1.807, 2.05) is 13.8 Å². The first-order chi connectivity index (χ1) is 14.2. The van der Waals surface area contributed by atoms with Gasteiger partial charge in [-0.2, -0.15) is 0 Å². The summed E-state index contributed by atoms with van der Waals surface area (Å²) in [5, 5.41) is 10.8. The smallest absolute Gasteiger partial charge is 0.240 e. The van der Waals surface area contributed by atoms with Gasteiger partial charge in [0, 0.05) is 26.3 Å². The highest BCUT2D eigenvalue weighted by Crippen LogP contribution is 2.04. The largest absolute Gasteiger partial charge is 0.368 e. The molecule has 0 bridgehead atoms. The molecule has 30 heavy (non-hydrogen) atoms. The van der Waals surface area contributed by atoms with Gasteiger partial charge in [0.25, 0.3) is 0 Å². The lowest BCUT2D eigenvalue weighted by atomic mass is 10.0. The van der Waals surface area contributed by atoms with Crippen LogP contribution in [0.2, 0.25) is 0 Å². The van der Waals surface area contributed by atoms with Crippen molar-refractivity contribution < 1.29 is 24.0 Å². The number of ketones is 1. The maximum Gasteiger partial charge on any atom is 0.240 e. The molecule has 0 fully saturated rings. The Bertz CT molecular complexity index is 582. The Hall–Kier alpha value is -2.49. The van der Waals surface area contributed by atoms with E-state index in [0.717, 1.165) is 6.42 Å². The quantitative estimate of drug-likeness (QED) is 0.197. The van der Waals surface area contributed by atoms with Crippen LogP contribution in [0.5, 0.6) is 0 Å². The molecule has 0 aliphatic rings. The summed E-state index contributed by atoms with van der Waals surface area (Å²) in [5.41, 5.74) is 5.33. The molecule has 2 atom stereocenters. The molecule has 0 heterocycles. The van der Waals surface area contributed by atoms with Crippen LogP contribution in [0, 0.1) is 0 Å². The van der Waals surface area contributed by atoms with Gasteiger partial charge in [-0.05, 0) is 38.6 Å². The molecule has 6 N–H and O–H groups in total. The molecule has 0 rings (SSSR count). The number of primary amides is 1. The zero-order valence-electron chi connectivity index (χ0n) is 18.3. The molecular weight excluding hydrogens is 390 g/mol. The predicted octanol–water partition coefficient (Wildman–Crippen LogP) is -0.493. The van der Waals surface area contributed by atoms with Crippen LogP contribution in [-0.2, 0) is 24.0 Å². The number of Topliss-reactive ketones (excluding diaryl/α,β-unsaturated/α-hetero) is 1. The zero-order valence-corrected chi connectivity index (χ0v) is 18.3. The van der Waals surface area contributed by atoms with Crippen molar-refractivity contribution in [1.29, 1.82) is 0 Å². The summed E-state index contributed by atoms with van der Waals surface area (Å²) in [7, 11) is 0. The summed E-state index contributed by atoms with van der Waals surface area (Å²) >= 11 is 0. The summed E-state index contributed by atoms with van der Waals surface area (Å²) in [5.74, 6) is -1.59. The van der Waals surface area contributed by atoms with Gasteiger partial charge < -0.3 is 27.0 Å². The molecule has 4 amide bonds. The Morgan fingerprint density at radius 1 is 0.833 bits per heavy atom. The maximum atomic E-state index is 12.0. The Balaban J connectivity index is 4.27. The topological polar surface area (TPSA) is 159 Å². The monoisotopic (exact) mass is 427 g/mol. The lowest BCUT2D eigenvalue weighted by Gasteiger charge is -2.17. The van der Waals surface area contributed by atoms with Crippen molar-refractivity contribution in [3.63, 3.8) is 0 Å². The highest BCUT2D eigenvalue weighted by Gasteiger charge is 2.20. The normalized spacial score (nSPS) is 12.5. The van der Waals surface area contributed by atoms with E-state index < -0.39 is 18.0 Å². The second-order valence-electron chi connectivity index (χ2n) is 7.20. The molecule has 0 aromatic carbocycles. The number of carbonyl (C=O) groups excluding carboxylic acids is 5. The van der Waals surface area contributed by atoms with E-state index in [9.17, 15) is 24.0 Å². The van der Waals surface area contributed by atoms with Crippen LogP contribution in [-0.4, -0.2) is 61.1 Å². The average Bonchev–Trinajstić information content (AvgIpc) is 2.67. The van der Waals surface area contributed by atoms with Gasteiger partial charge in [-0.1, -0.05) is 13.8 Å². The van der Waals surface area contributed by atoms with Crippen molar-refractivity contribution >= 4 is 29.4 Å². The molecule has 172 valence electrons. The Morgan fingerprint density at radius 2 is 1.53 bits per heavy atom. The first kappa shape index (κ1) is 27.5. The minimum atomic E-state index is -0.798. The number of nitrogens with two attached hydrogens (primary N) is 1. The Morgan fingerprint density at radius 3 is 2.10 bits per heavy atom. The van der Waals surface area contributed by atoms with Crippen molar-refractivity contribution in [2.24, 2.45) is 5.73 Å². The van der Waals surface area contributed by atoms with E-state index >= 15 is 0 Å². The third kappa shape index (κ3) is 13.6. The van der Waals surface area contributed by atoms with E-state index in [4.69, 9.17) is 5.73 Å². The third-order valence-corrected chi connectivity index (χ3v) is 4.31. The number of amides is 4. The first-order valence-electron chi connectivity index (χ1n) is 10.6. The van der Waals surface area contributed by atoms with E-state index in [-0.39, 0.29) is 42.9 Å². The van der Waals surface area contributed by atoms with Gasteiger partial charge in [-0.15, -0.1) is 0 Å². The molecule has 0 radical (unpaired) electrons. The highest BCUT2D eigenvalue weighted by atomic mass is 16.2. The molecule has 10 nitrogen and oxygen atoms in total. The maximum absolute atomic E-state index is 12.0. The van der Waals surface area contributed by atoms with Crippen LogP contribution in [0.15, 0.2) is 0 Å². The van der Waals surface area contributed by atoms with Gasteiger partial charge in [0.2, 0.25) is 23.6 Å². The van der Waals surface area contributed by atoms with E-state index in [1.165, 1.54) is 6.92 Å². The van der Waals surface area contributed by atoms with Crippen molar-refractivity contribution in [3.05, 3.63) is 0 Å². The van der Waals surface area contributed by atoms with Gasteiger partial charge in [-0.3, -0.25) is 24.0 Å². The second kappa shape index (κ2) is 16.3. The molecule has 0 aromatic rings. The molecule has 0 aliphatic heterocycles. The zero-order chi connectivity index (χ0) is 22.9. The van der Waals surface area contributed by atoms with Gasteiger partial charge in [0.1, 0.15) is 6.04 Å². The standard InChI is InChI=1S/C20H37N5O5/c1-4-7-17(27)15(24-14(3)26)9-10-18(28)23-12-6-8-16(20(21)30)25-19(29)13-22-11-5-2/h15-16,22H,4-13H2,1-3H3,(H2,21,30)(H,23,28)(H,24,26)(H,25,29). The molecule has 2 unspecified atom stereocenters. The summed E-state index contributed by atoms with van der Waals surface area (Å²) < 4.78 is 0. The number of hydrogen-bond acceptors (Lipinski definition) is 6. The Labute approximate surface area is 178 Å². The highest BCUT2D eigenvalue weighted by molar-refractivity contribution is 5.89. The number of nitrogens with one attached hydrogen (secondary N) is 4. The first-order valence-corrected chi connectivity index (χ1v) is 10.6. The van der Waals surface area contributed by atoms with Crippen molar-refractivity contribution in [1.82, 2.24) is 21.3 Å². The fraction of sp³-hybridized carbons (Fsp3) is 0.750. The SMILES string of the molecule is CCCNCC(=O)NC(CCCNC(=O)CCC(NC(C)=O)C(=O)CCC)C(N)=O. The molecular formula is C20H37N5O5. The number of hydrogen-bond donors (Lipinski definition) is 5. The summed E-state index contributed by atoms with van der Waals surface area (Å²) in [6, 6.07) is -1.46. The molecule has 0 saturated heterocycles. The summed E-state index contributed by atoms with van der Waals surface area (Å²) in [4.78, 5) is 58.6. The van der Waals surface area contributed by atoms with Crippen molar-refractivity contribution in [2.75, 3.05) is 19.6 Å². The fourth-order valence-corrected chi connectivity index (χ4v) is 2.79. The predicted molar refractivity (Wildman–Crippen MR) is 113 cm³/mol. The van der Waals surface area contributed by atoms with Crippen LogP contribution >= 0.6 is 0 Å². The minimum Gasteiger partial charge on any atom is -0.368 e. The lowest BCUT2D eigenvalue weighted by Crippen LogP contribution is -2.47. The molecule has 0 aliphatic carbocycles. The minimum absolute atomic E-state index is 0.0889. The Kier molecular flexibility index (Phi) is 15.0. The van der Waals surface area contributed by atoms with E-state index in [1.54, 1.807) is 0 Å². The fourth-order valence-electron chi connectivity index (χ4n) is 2.79.